The third-order valence-corrected chi connectivity index (χ3v) is 3.07. The van der Waals surface area contributed by atoms with E-state index in [-0.39, 0.29) is 0 Å². The molecule has 0 saturated heterocycles. The van der Waals surface area contributed by atoms with Crippen LogP contribution < -0.4 is 4.74 Å². The first-order chi connectivity index (χ1) is 9.15. The van der Waals surface area contributed by atoms with E-state index in [9.17, 15) is 4.79 Å². The molecule has 1 aromatic carbocycles. The van der Waals surface area contributed by atoms with E-state index in [2.05, 4.69) is 20.9 Å². The van der Waals surface area contributed by atoms with Crippen LogP contribution in [-0.2, 0) is 4.74 Å². The number of methoxy groups -OCH3 is 2. The van der Waals surface area contributed by atoms with Gasteiger partial charge >= 0.3 is 5.97 Å². The standard InChI is InChI=1S/C14H12BrNO3/c1-18-10-5-3-9(4-6-10)13-11(14(17)19-2)7-8-12(15)16-13/h3-8H,1-2H3. The molecule has 0 aliphatic rings. The summed E-state index contributed by atoms with van der Waals surface area (Å²) in [4.78, 5) is 16.1. The fraction of sp³-hybridized carbons (Fsp3) is 0.143. The van der Waals surface area contributed by atoms with Crippen molar-refractivity contribution in [2.75, 3.05) is 14.2 Å². The third kappa shape index (κ3) is 2.93. The minimum Gasteiger partial charge on any atom is -0.497 e. The highest BCUT2D eigenvalue weighted by Crippen LogP contribution is 2.26. The van der Waals surface area contributed by atoms with Crippen LogP contribution in [0.3, 0.4) is 0 Å². The molecule has 5 heteroatoms. The maximum Gasteiger partial charge on any atom is 0.340 e. The lowest BCUT2D eigenvalue weighted by atomic mass is 10.1. The topological polar surface area (TPSA) is 48.4 Å². The molecule has 0 N–H and O–H groups in total. The summed E-state index contributed by atoms with van der Waals surface area (Å²) in [6.07, 6.45) is 0. The Morgan fingerprint density at radius 3 is 2.37 bits per heavy atom. The molecule has 2 rings (SSSR count). The van der Waals surface area contributed by atoms with Gasteiger partial charge < -0.3 is 9.47 Å². The molecule has 0 aliphatic heterocycles. The monoisotopic (exact) mass is 321 g/mol. The van der Waals surface area contributed by atoms with Crippen LogP contribution in [0.15, 0.2) is 41.0 Å². The number of halogens is 1. The number of rotatable bonds is 3. The fourth-order valence-electron chi connectivity index (χ4n) is 1.68. The largest absolute Gasteiger partial charge is 0.497 e. The number of nitrogens with zero attached hydrogens (tertiary/aromatic N) is 1. The maximum atomic E-state index is 11.7. The van der Waals surface area contributed by atoms with Crippen LogP contribution in [-0.4, -0.2) is 25.2 Å². The van der Waals surface area contributed by atoms with Crippen molar-refractivity contribution in [1.82, 2.24) is 4.98 Å². The second-order valence-corrected chi connectivity index (χ2v) is 4.56. The van der Waals surface area contributed by atoms with Gasteiger partial charge in [-0.3, -0.25) is 0 Å². The van der Waals surface area contributed by atoms with Gasteiger partial charge in [-0.15, -0.1) is 0 Å². The summed E-state index contributed by atoms with van der Waals surface area (Å²) in [5.41, 5.74) is 1.82. The lowest BCUT2D eigenvalue weighted by Crippen LogP contribution is -2.05. The lowest BCUT2D eigenvalue weighted by Gasteiger charge is -2.08. The quantitative estimate of drug-likeness (QED) is 0.642. The van der Waals surface area contributed by atoms with Gasteiger partial charge in [0.2, 0.25) is 0 Å². The van der Waals surface area contributed by atoms with Crippen molar-refractivity contribution in [1.29, 1.82) is 0 Å². The predicted octanol–water partition coefficient (Wildman–Crippen LogP) is 3.31. The molecule has 4 nitrogen and oxygen atoms in total. The zero-order valence-corrected chi connectivity index (χ0v) is 12.1. The minimum atomic E-state index is -0.411. The summed E-state index contributed by atoms with van der Waals surface area (Å²) in [6, 6.07) is 10.7. The van der Waals surface area contributed by atoms with E-state index >= 15 is 0 Å². The Morgan fingerprint density at radius 1 is 1.11 bits per heavy atom. The summed E-state index contributed by atoms with van der Waals surface area (Å²) in [7, 11) is 2.95. The molecule has 0 amide bonds. The molecule has 0 saturated carbocycles. The van der Waals surface area contributed by atoms with Crippen molar-refractivity contribution in [3.63, 3.8) is 0 Å². The molecule has 2 aromatic rings. The number of carbonyl (C=O) groups excluding carboxylic acids is 1. The van der Waals surface area contributed by atoms with E-state index in [0.717, 1.165) is 11.3 Å². The van der Waals surface area contributed by atoms with Gasteiger partial charge in [0.15, 0.2) is 0 Å². The molecule has 98 valence electrons. The fourth-order valence-corrected chi connectivity index (χ4v) is 1.99. The highest BCUT2D eigenvalue weighted by atomic mass is 79.9. The van der Waals surface area contributed by atoms with Gasteiger partial charge in [-0.1, -0.05) is 0 Å². The highest BCUT2D eigenvalue weighted by Gasteiger charge is 2.15. The molecule has 1 heterocycles. The van der Waals surface area contributed by atoms with E-state index in [4.69, 9.17) is 9.47 Å². The molecule has 0 aliphatic carbocycles. The summed E-state index contributed by atoms with van der Waals surface area (Å²) >= 11 is 3.30. The Kier molecular flexibility index (Phi) is 4.16. The molecule has 19 heavy (non-hydrogen) atoms. The average molecular weight is 322 g/mol. The number of hydrogen-bond acceptors (Lipinski definition) is 4. The van der Waals surface area contributed by atoms with Crippen LogP contribution in [0.4, 0.5) is 0 Å². The average Bonchev–Trinajstić information content (AvgIpc) is 2.46. The highest BCUT2D eigenvalue weighted by molar-refractivity contribution is 9.10. The van der Waals surface area contributed by atoms with Gasteiger partial charge in [0.25, 0.3) is 0 Å². The van der Waals surface area contributed by atoms with Crippen molar-refractivity contribution >= 4 is 21.9 Å². The van der Waals surface area contributed by atoms with Crippen molar-refractivity contribution in [2.45, 2.75) is 0 Å². The smallest absolute Gasteiger partial charge is 0.340 e. The van der Waals surface area contributed by atoms with Gasteiger partial charge in [0, 0.05) is 5.56 Å². The second-order valence-electron chi connectivity index (χ2n) is 3.75. The van der Waals surface area contributed by atoms with Crippen LogP contribution in [0.2, 0.25) is 0 Å². The molecule has 0 bridgehead atoms. The molecule has 0 fully saturated rings. The first kappa shape index (κ1) is 13.5. The van der Waals surface area contributed by atoms with E-state index in [0.29, 0.717) is 15.9 Å². The zero-order valence-electron chi connectivity index (χ0n) is 10.5. The predicted molar refractivity (Wildman–Crippen MR) is 75.3 cm³/mol. The van der Waals surface area contributed by atoms with Crippen LogP contribution >= 0.6 is 15.9 Å². The number of carbonyl (C=O) groups is 1. The van der Waals surface area contributed by atoms with E-state index in [1.165, 1.54) is 7.11 Å². The van der Waals surface area contributed by atoms with Crippen LogP contribution in [0.5, 0.6) is 5.75 Å². The van der Waals surface area contributed by atoms with Gasteiger partial charge in [-0.25, -0.2) is 9.78 Å². The van der Waals surface area contributed by atoms with Gasteiger partial charge in [-0.2, -0.15) is 0 Å². The molecule has 0 spiro atoms. The number of pyridine rings is 1. The first-order valence-electron chi connectivity index (χ1n) is 5.55. The van der Waals surface area contributed by atoms with Gasteiger partial charge in [0.05, 0.1) is 25.5 Å². The number of benzene rings is 1. The van der Waals surface area contributed by atoms with E-state index in [1.807, 2.05) is 24.3 Å². The molecule has 1 aromatic heterocycles. The van der Waals surface area contributed by atoms with Crippen molar-refractivity contribution in [2.24, 2.45) is 0 Å². The maximum absolute atomic E-state index is 11.7. The summed E-state index contributed by atoms with van der Waals surface area (Å²) in [6.45, 7) is 0. The van der Waals surface area contributed by atoms with Gasteiger partial charge in [0.1, 0.15) is 10.4 Å². The first-order valence-corrected chi connectivity index (χ1v) is 6.34. The normalized spacial score (nSPS) is 10.1. The van der Waals surface area contributed by atoms with Crippen molar-refractivity contribution in [3.05, 3.63) is 46.6 Å². The van der Waals surface area contributed by atoms with Crippen LogP contribution in [0.25, 0.3) is 11.3 Å². The number of hydrogen-bond donors (Lipinski definition) is 0. The SMILES string of the molecule is COC(=O)c1ccc(Br)nc1-c1ccc(OC)cc1. The number of esters is 1. The lowest BCUT2D eigenvalue weighted by molar-refractivity contribution is 0.0601. The van der Waals surface area contributed by atoms with E-state index < -0.39 is 5.97 Å². The Morgan fingerprint density at radius 2 is 1.79 bits per heavy atom. The number of ether oxygens (including phenoxy) is 2. The summed E-state index contributed by atoms with van der Waals surface area (Å²) in [5, 5.41) is 0. The van der Waals surface area contributed by atoms with Crippen LogP contribution in [0, 0.1) is 0 Å². The molecular formula is C14H12BrNO3. The molecule has 0 radical (unpaired) electrons. The second kappa shape index (κ2) is 5.84. The Labute approximate surface area is 119 Å². The Bertz CT molecular complexity index is 596. The Balaban J connectivity index is 2.52. The molecule has 0 unspecified atom stereocenters. The molecule has 0 atom stereocenters. The minimum absolute atomic E-state index is 0.411. The zero-order chi connectivity index (χ0) is 13.8. The third-order valence-electron chi connectivity index (χ3n) is 2.63. The van der Waals surface area contributed by atoms with Crippen molar-refractivity contribution < 1.29 is 14.3 Å². The summed E-state index contributed by atoms with van der Waals surface area (Å²) in [5.74, 6) is 0.337. The van der Waals surface area contributed by atoms with Crippen molar-refractivity contribution in [3.8, 4) is 17.0 Å². The summed E-state index contributed by atoms with van der Waals surface area (Å²) < 4.78 is 10.5. The molecular weight excluding hydrogens is 310 g/mol. The van der Waals surface area contributed by atoms with Gasteiger partial charge in [-0.05, 0) is 52.3 Å². The Hall–Kier alpha value is -1.88. The number of aromatic nitrogens is 1. The van der Waals surface area contributed by atoms with Crippen LogP contribution in [0.1, 0.15) is 10.4 Å². The van der Waals surface area contributed by atoms with E-state index in [1.54, 1.807) is 19.2 Å².